The van der Waals surface area contributed by atoms with Crippen LogP contribution in [0.3, 0.4) is 0 Å². The smallest absolute Gasteiger partial charge is 0.241 e. The first-order chi connectivity index (χ1) is 9.30. The van der Waals surface area contributed by atoms with E-state index in [0.717, 1.165) is 30.4 Å². The van der Waals surface area contributed by atoms with Crippen LogP contribution in [0.4, 0.5) is 5.69 Å². The van der Waals surface area contributed by atoms with E-state index >= 15 is 0 Å². The van der Waals surface area contributed by atoms with E-state index in [0.29, 0.717) is 12.2 Å². The van der Waals surface area contributed by atoms with Crippen molar-refractivity contribution in [3.05, 3.63) is 23.3 Å². The number of hydrogen-bond donors (Lipinski definition) is 2. The Kier molecular flexibility index (Phi) is 4.09. The van der Waals surface area contributed by atoms with Gasteiger partial charge in [0.1, 0.15) is 0 Å². The maximum Gasteiger partial charge on any atom is 0.241 e. The molecule has 0 aromatic heterocycles. The van der Waals surface area contributed by atoms with Gasteiger partial charge in [0.25, 0.3) is 0 Å². The highest BCUT2D eigenvalue weighted by molar-refractivity contribution is 7.89. The summed E-state index contributed by atoms with van der Waals surface area (Å²) < 4.78 is 33.0. The van der Waals surface area contributed by atoms with Crippen LogP contribution in [0, 0.1) is 13.8 Å². The Balaban J connectivity index is 2.23. The van der Waals surface area contributed by atoms with Gasteiger partial charge in [-0.05, 0) is 56.4 Å². The SMILES string of the molecule is COC1(CNS(=O)(=O)c2cc(N)cc(C)c2C)CCC1. The summed E-state index contributed by atoms with van der Waals surface area (Å²) in [6.45, 7) is 3.95. The average Bonchev–Trinajstić information content (AvgIpc) is 2.32. The molecular formula is C14H22N2O3S. The van der Waals surface area contributed by atoms with E-state index in [4.69, 9.17) is 10.5 Å². The number of benzene rings is 1. The third kappa shape index (κ3) is 2.82. The van der Waals surface area contributed by atoms with Gasteiger partial charge >= 0.3 is 0 Å². The van der Waals surface area contributed by atoms with Gasteiger partial charge in [-0.1, -0.05) is 0 Å². The predicted molar refractivity (Wildman–Crippen MR) is 79.1 cm³/mol. The summed E-state index contributed by atoms with van der Waals surface area (Å²) in [6, 6.07) is 3.28. The van der Waals surface area contributed by atoms with Crippen molar-refractivity contribution in [2.45, 2.75) is 43.6 Å². The van der Waals surface area contributed by atoms with E-state index in [1.54, 1.807) is 20.1 Å². The molecule has 1 aliphatic carbocycles. The van der Waals surface area contributed by atoms with Crippen molar-refractivity contribution < 1.29 is 13.2 Å². The second-order valence-corrected chi connectivity index (χ2v) is 7.26. The molecule has 0 unspecified atom stereocenters. The molecule has 0 saturated heterocycles. The minimum Gasteiger partial charge on any atom is -0.399 e. The second-order valence-electron chi connectivity index (χ2n) is 5.53. The van der Waals surface area contributed by atoms with E-state index in [1.165, 1.54) is 6.07 Å². The highest BCUT2D eigenvalue weighted by Crippen LogP contribution is 2.34. The van der Waals surface area contributed by atoms with Gasteiger partial charge in [0.15, 0.2) is 0 Å². The zero-order valence-electron chi connectivity index (χ0n) is 12.2. The fourth-order valence-corrected chi connectivity index (χ4v) is 3.93. The van der Waals surface area contributed by atoms with Crippen molar-refractivity contribution in [3.8, 4) is 0 Å². The molecule has 0 aliphatic heterocycles. The summed E-state index contributed by atoms with van der Waals surface area (Å²) in [5.41, 5.74) is 7.47. The van der Waals surface area contributed by atoms with Crippen LogP contribution in [0.5, 0.6) is 0 Å². The standard InChI is InChI=1S/C14H22N2O3S/c1-10-7-12(15)8-13(11(10)2)20(17,18)16-9-14(19-3)5-4-6-14/h7-8,16H,4-6,9,15H2,1-3H3. The third-order valence-corrected chi connectivity index (χ3v) is 5.74. The van der Waals surface area contributed by atoms with Crippen molar-refractivity contribution in [3.63, 3.8) is 0 Å². The van der Waals surface area contributed by atoms with Gasteiger partial charge in [0.2, 0.25) is 10.0 Å². The van der Waals surface area contributed by atoms with E-state index in [-0.39, 0.29) is 10.5 Å². The first-order valence-corrected chi connectivity index (χ1v) is 8.19. The molecule has 5 nitrogen and oxygen atoms in total. The fraction of sp³-hybridized carbons (Fsp3) is 0.571. The molecule has 1 aromatic rings. The Bertz CT molecular complexity index is 602. The van der Waals surface area contributed by atoms with Crippen LogP contribution < -0.4 is 10.5 Å². The number of ether oxygens (including phenoxy) is 1. The number of nitrogens with one attached hydrogen (secondary N) is 1. The Morgan fingerprint density at radius 1 is 1.35 bits per heavy atom. The van der Waals surface area contributed by atoms with Gasteiger partial charge in [0.05, 0.1) is 10.5 Å². The Labute approximate surface area is 120 Å². The van der Waals surface area contributed by atoms with E-state index in [1.807, 2.05) is 6.92 Å². The van der Waals surface area contributed by atoms with Crippen LogP contribution >= 0.6 is 0 Å². The molecule has 0 radical (unpaired) electrons. The number of aryl methyl sites for hydroxylation is 1. The van der Waals surface area contributed by atoms with Gasteiger partial charge < -0.3 is 10.5 Å². The summed E-state index contributed by atoms with van der Waals surface area (Å²) in [4.78, 5) is 0.251. The summed E-state index contributed by atoms with van der Waals surface area (Å²) in [5, 5.41) is 0. The lowest BCUT2D eigenvalue weighted by atomic mass is 9.80. The van der Waals surface area contributed by atoms with Crippen LogP contribution in [0.2, 0.25) is 0 Å². The lowest BCUT2D eigenvalue weighted by Crippen LogP contribution is -2.49. The lowest BCUT2D eigenvalue weighted by molar-refractivity contribution is -0.0659. The number of nitrogen functional groups attached to an aromatic ring is 1. The highest BCUT2D eigenvalue weighted by Gasteiger charge is 2.38. The quantitative estimate of drug-likeness (QED) is 0.811. The highest BCUT2D eigenvalue weighted by atomic mass is 32.2. The Morgan fingerprint density at radius 3 is 2.50 bits per heavy atom. The Morgan fingerprint density at radius 2 is 2.00 bits per heavy atom. The predicted octanol–water partition coefficient (Wildman–Crippen LogP) is 1.73. The first-order valence-electron chi connectivity index (χ1n) is 6.71. The molecule has 3 N–H and O–H groups in total. The molecule has 0 spiro atoms. The van der Waals surface area contributed by atoms with Crippen LogP contribution in [0.1, 0.15) is 30.4 Å². The minimum absolute atomic E-state index is 0.251. The van der Waals surface area contributed by atoms with Gasteiger partial charge in [-0.2, -0.15) is 0 Å². The summed E-state index contributed by atoms with van der Waals surface area (Å²) >= 11 is 0. The van der Waals surface area contributed by atoms with Gasteiger partial charge in [-0.15, -0.1) is 0 Å². The monoisotopic (exact) mass is 298 g/mol. The third-order valence-electron chi connectivity index (χ3n) is 4.21. The average molecular weight is 298 g/mol. The molecule has 1 fully saturated rings. The Hall–Kier alpha value is -1.11. The largest absolute Gasteiger partial charge is 0.399 e. The molecular weight excluding hydrogens is 276 g/mol. The van der Waals surface area contributed by atoms with Crippen LogP contribution in [0.15, 0.2) is 17.0 Å². The number of anilines is 1. The normalized spacial score (nSPS) is 17.8. The topological polar surface area (TPSA) is 81.4 Å². The zero-order chi connectivity index (χ0) is 15.0. The van der Waals surface area contributed by atoms with E-state index in [2.05, 4.69) is 4.72 Å². The van der Waals surface area contributed by atoms with Crippen LogP contribution in [0.25, 0.3) is 0 Å². The van der Waals surface area contributed by atoms with Crippen LogP contribution in [-0.4, -0.2) is 27.7 Å². The van der Waals surface area contributed by atoms with Crippen molar-refractivity contribution in [1.82, 2.24) is 4.72 Å². The van der Waals surface area contributed by atoms with E-state index in [9.17, 15) is 8.42 Å². The van der Waals surface area contributed by atoms with E-state index < -0.39 is 10.0 Å². The maximum absolute atomic E-state index is 12.4. The molecule has 20 heavy (non-hydrogen) atoms. The summed E-state index contributed by atoms with van der Waals surface area (Å²) in [5.74, 6) is 0. The van der Waals surface area contributed by atoms with Gasteiger partial charge in [-0.25, -0.2) is 13.1 Å². The molecule has 112 valence electrons. The molecule has 0 bridgehead atoms. The van der Waals surface area contributed by atoms with Gasteiger partial charge in [0, 0.05) is 19.3 Å². The molecule has 1 aliphatic rings. The second kappa shape index (κ2) is 5.35. The summed E-state index contributed by atoms with van der Waals surface area (Å²) in [7, 11) is -1.94. The van der Waals surface area contributed by atoms with Crippen LogP contribution in [-0.2, 0) is 14.8 Å². The van der Waals surface area contributed by atoms with Gasteiger partial charge in [-0.3, -0.25) is 0 Å². The van der Waals surface area contributed by atoms with Crippen molar-refractivity contribution >= 4 is 15.7 Å². The molecule has 6 heteroatoms. The number of nitrogens with two attached hydrogens (primary N) is 1. The number of rotatable bonds is 5. The van der Waals surface area contributed by atoms with Crippen molar-refractivity contribution in [1.29, 1.82) is 0 Å². The number of hydrogen-bond acceptors (Lipinski definition) is 4. The molecule has 0 amide bonds. The zero-order valence-corrected chi connectivity index (χ0v) is 13.0. The molecule has 1 aromatic carbocycles. The molecule has 2 rings (SSSR count). The van der Waals surface area contributed by atoms with Crippen molar-refractivity contribution in [2.75, 3.05) is 19.4 Å². The number of methoxy groups -OCH3 is 1. The maximum atomic E-state index is 12.4. The number of sulfonamides is 1. The molecule has 1 saturated carbocycles. The van der Waals surface area contributed by atoms with Crippen molar-refractivity contribution in [2.24, 2.45) is 0 Å². The fourth-order valence-electron chi connectivity index (χ4n) is 2.46. The summed E-state index contributed by atoms with van der Waals surface area (Å²) in [6.07, 6.45) is 2.86. The minimum atomic E-state index is -3.57. The first kappa shape index (κ1) is 15.3. The molecule has 0 heterocycles. The molecule has 0 atom stereocenters. The lowest BCUT2D eigenvalue weighted by Gasteiger charge is -2.40.